The molecule has 1 rings (SSSR count). The summed E-state index contributed by atoms with van der Waals surface area (Å²) in [5.74, 6) is 0.665. The van der Waals surface area contributed by atoms with Crippen LogP contribution in [0, 0.1) is 11.8 Å². The fraction of sp³-hybridized carbons (Fsp3) is 0.600. The molecule has 0 aliphatic heterocycles. The average Bonchev–Trinajstić information content (AvgIpc) is 2.28. The molecule has 0 aromatic carbocycles. The topological polar surface area (TPSA) is 42.0 Å². The average molecular weight is 250 g/mol. The van der Waals surface area contributed by atoms with E-state index in [0.717, 1.165) is 17.8 Å². The number of carbonyl (C=O) groups excluding carboxylic acids is 1. The Morgan fingerprint density at radius 2 is 1.94 bits per heavy atom. The van der Waals surface area contributed by atoms with Gasteiger partial charge in [-0.3, -0.25) is 9.78 Å². The molecule has 0 saturated heterocycles. The minimum Gasteiger partial charge on any atom is -0.348 e. The molecule has 18 heavy (non-hydrogen) atoms. The summed E-state index contributed by atoms with van der Waals surface area (Å²) < 4.78 is 0. The number of carbonyl (C=O) groups is 1. The van der Waals surface area contributed by atoms with Gasteiger partial charge in [0.05, 0.1) is 11.7 Å². The number of hydrogen-bond acceptors (Lipinski definition) is 2. The van der Waals surface area contributed by atoms with Crippen LogP contribution in [0.1, 0.15) is 53.5 Å². The molecule has 0 radical (unpaired) electrons. The molecule has 1 unspecified atom stereocenters. The van der Waals surface area contributed by atoms with Crippen LogP contribution in [0.3, 0.4) is 0 Å². The highest BCUT2D eigenvalue weighted by Crippen LogP contribution is 2.13. The minimum absolute atomic E-state index is 0. The van der Waals surface area contributed by atoms with Gasteiger partial charge in [0.2, 0.25) is 5.91 Å². The van der Waals surface area contributed by atoms with Crippen molar-refractivity contribution in [1.82, 2.24) is 10.3 Å². The van der Waals surface area contributed by atoms with Crippen molar-refractivity contribution in [2.45, 2.75) is 47.1 Å². The zero-order valence-electron chi connectivity index (χ0n) is 12.0. The van der Waals surface area contributed by atoms with E-state index in [1.54, 1.807) is 0 Å². The van der Waals surface area contributed by atoms with Crippen LogP contribution in [0.5, 0.6) is 0 Å². The lowest BCUT2D eigenvalue weighted by atomic mass is 10.1. The van der Waals surface area contributed by atoms with Gasteiger partial charge in [-0.1, -0.05) is 33.8 Å². The van der Waals surface area contributed by atoms with E-state index in [2.05, 4.69) is 24.1 Å². The zero-order chi connectivity index (χ0) is 13.7. The Morgan fingerprint density at radius 1 is 1.28 bits per heavy atom. The first-order chi connectivity index (χ1) is 8.40. The predicted molar refractivity (Wildman–Crippen MR) is 76.3 cm³/mol. The molecule has 1 aromatic rings. The van der Waals surface area contributed by atoms with E-state index in [1.165, 1.54) is 0 Å². The third kappa shape index (κ3) is 4.47. The Balaban J connectivity index is 0.00000324. The van der Waals surface area contributed by atoms with Crippen molar-refractivity contribution in [2.24, 2.45) is 11.8 Å². The van der Waals surface area contributed by atoms with Gasteiger partial charge < -0.3 is 5.32 Å². The standard InChI is InChI=1S/C15H24N2O.H2/c1-10(2)9-13-7-6-8-14(17-13)12(5)16-15(18)11(3)4;/h6-8,10-12H,9H2,1-5H3,(H,16,18);1H. The first-order valence-electron chi connectivity index (χ1n) is 6.66. The van der Waals surface area contributed by atoms with Crippen molar-refractivity contribution in [3.63, 3.8) is 0 Å². The van der Waals surface area contributed by atoms with Gasteiger partial charge in [-0.25, -0.2) is 0 Å². The molecule has 102 valence electrons. The van der Waals surface area contributed by atoms with Crippen molar-refractivity contribution in [3.05, 3.63) is 29.6 Å². The largest absolute Gasteiger partial charge is 0.348 e. The lowest BCUT2D eigenvalue weighted by Gasteiger charge is -2.16. The van der Waals surface area contributed by atoms with E-state index in [0.29, 0.717) is 5.92 Å². The highest BCUT2D eigenvalue weighted by atomic mass is 16.1. The summed E-state index contributed by atoms with van der Waals surface area (Å²) in [6, 6.07) is 5.99. The van der Waals surface area contributed by atoms with Crippen molar-refractivity contribution in [2.75, 3.05) is 0 Å². The Kier molecular flexibility index (Phi) is 5.32. The maximum absolute atomic E-state index is 11.7. The molecule has 1 amide bonds. The van der Waals surface area contributed by atoms with E-state index in [1.807, 2.05) is 39.0 Å². The van der Waals surface area contributed by atoms with E-state index in [-0.39, 0.29) is 19.3 Å². The molecule has 3 heteroatoms. The normalized spacial score (nSPS) is 12.8. The summed E-state index contributed by atoms with van der Waals surface area (Å²) in [5, 5.41) is 2.97. The number of pyridine rings is 1. The van der Waals surface area contributed by atoms with Crippen molar-refractivity contribution < 1.29 is 6.22 Å². The molecule has 3 nitrogen and oxygen atoms in total. The molecule has 0 fully saturated rings. The number of hydrogen-bond donors (Lipinski definition) is 1. The van der Waals surface area contributed by atoms with Gasteiger partial charge in [0.15, 0.2) is 0 Å². The van der Waals surface area contributed by atoms with Crippen molar-refractivity contribution >= 4 is 5.91 Å². The SMILES string of the molecule is CC(C)Cc1cccc(C(C)NC(=O)C(C)C)n1.[HH]. The third-order valence-corrected chi connectivity index (χ3v) is 2.77. The lowest BCUT2D eigenvalue weighted by Crippen LogP contribution is -2.30. The Hall–Kier alpha value is -1.38. The molecule has 1 atom stereocenters. The second kappa shape index (κ2) is 6.53. The molecule has 1 aromatic heterocycles. The number of amides is 1. The molecule has 0 aliphatic rings. The van der Waals surface area contributed by atoms with Gasteiger partial charge in [-0.15, -0.1) is 0 Å². The Bertz CT molecular complexity index is 405. The van der Waals surface area contributed by atoms with Gasteiger partial charge in [-0.05, 0) is 31.4 Å². The molecule has 1 N–H and O–H groups in total. The molecular weight excluding hydrogens is 224 g/mol. The first kappa shape index (κ1) is 14.7. The van der Waals surface area contributed by atoms with Crippen LogP contribution in [0.25, 0.3) is 0 Å². The minimum atomic E-state index is -0.0352. The fourth-order valence-corrected chi connectivity index (χ4v) is 1.73. The van der Waals surface area contributed by atoms with Crippen LogP contribution < -0.4 is 5.32 Å². The smallest absolute Gasteiger partial charge is 0.223 e. The summed E-state index contributed by atoms with van der Waals surface area (Å²) in [5.41, 5.74) is 2.02. The maximum atomic E-state index is 11.7. The molecular formula is C15H26N2O. The van der Waals surface area contributed by atoms with Gasteiger partial charge >= 0.3 is 0 Å². The van der Waals surface area contributed by atoms with Gasteiger partial charge in [0.1, 0.15) is 0 Å². The molecule has 0 saturated carbocycles. The van der Waals surface area contributed by atoms with Crippen molar-refractivity contribution in [1.29, 1.82) is 0 Å². The van der Waals surface area contributed by atoms with Crippen LogP contribution in [0.4, 0.5) is 0 Å². The van der Waals surface area contributed by atoms with Crippen LogP contribution in [-0.2, 0) is 11.2 Å². The summed E-state index contributed by atoms with van der Waals surface area (Å²) in [6.45, 7) is 10.1. The summed E-state index contributed by atoms with van der Waals surface area (Å²) in [4.78, 5) is 16.3. The van der Waals surface area contributed by atoms with Crippen LogP contribution in [0.2, 0.25) is 0 Å². The Labute approximate surface area is 111 Å². The van der Waals surface area contributed by atoms with E-state index in [4.69, 9.17) is 0 Å². The first-order valence-corrected chi connectivity index (χ1v) is 6.66. The number of aromatic nitrogens is 1. The van der Waals surface area contributed by atoms with Gasteiger partial charge in [0, 0.05) is 13.0 Å². The second-order valence-electron chi connectivity index (χ2n) is 5.54. The number of rotatable bonds is 5. The molecule has 0 bridgehead atoms. The van der Waals surface area contributed by atoms with Crippen LogP contribution >= 0.6 is 0 Å². The highest BCUT2D eigenvalue weighted by Gasteiger charge is 2.13. The van der Waals surface area contributed by atoms with Crippen LogP contribution in [0.15, 0.2) is 18.2 Å². The van der Waals surface area contributed by atoms with Gasteiger partial charge in [-0.2, -0.15) is 0 Å². The third-order valence-electron chi connectivity index (χ3n) is 2.77. The van der Waals surface area contributed by atoms with E-state index >= 15 is 0 Å². The maximum Gasteiger partial charge on any atom is 0.223 e. The molecule has 1 heterocycles. The number of nitrogens with zero attached hydrogens (tertiary/aromatic N) is 1. The second-order valence-corrected chi connectivity index (χ2v) is 5.54. The molecule has 0 aliphatic carbocycles. The van der Waals surface area contributed by atoms with Crippen LogP contribution in [-0.4, -0.2) is 10.9 Å². The Morgan fingerprint density at radius 3 is 2.50 bits per heavy atom. The molecule has 0 spiro atoms. The summed E-state index contributed by atoms with van der Waals surface area (Å²) in [7, 11) is 0. The summed E-state index contributed by atoms with van der Waals surface area (Å²) >= 11 is 0. The summed E-state index contributed by atoms with van der Waals surface area (Å²) in [6.07, 6.45) is 0.971. The predicted octanol–water partition coefficient (Wildman–Crippen LogP) is 3.36. The highest BCUT2D eigenvalue weighted by molar-refractivity contribution is 5.78. The fourth-order valence-electron chi connectivity index (χ4n) is 1.73. The lowest BCUT2D eigenvalue weighted by molar-refractivity contribution is -0.124. The zero-order valence-corrected chi connectivity index (χ0v) is 12.0. The van der Waals surface area contributed by atoms with Gasteiger partial charge in [0.25, 0.3) is 0 Å². The monoisotopic (exact) mass is 250 g/mol. The number of nitrogens with one attached hydrogen (secondary N) is 1. The van der Waals surface area contributed by atoms with E-state index in [9.17, 15) is 4.79 Å². The quantitative estimate of drug-likeness (QED) is 0.870. The van der Waals surface area contributed by atoms with E-state index < -0.39 is 0 Å². The van der Waals surface area contributed by atoms with Crippen molar-refractivity contribution in [3.8, 4) is 0 Å².